The van der Waals surface area contributed by atoms with Gasteiger partial charge >= 0.3 is 0 Å². The van der Waals surface area contributed by atoms with Gasteiger partial charge in [-0.25, -0.2) is 0 Å². The summed E-state index contributed by atoms with van der Waals surface area (Å²) in [6.45, 7) is 3.46. The molecule has 25 heavy (non-hydrogen) atoms. The van der Waals surface area contributed by atoms with E-state index in [2.05, 4.69) is 10.6 Å². The van der Waals surface area contributed by atoms with Crippen molar-refractivity contribution in [3.05, 3.63) is 65.7 Å². The largest absolute Gasteiger partial charge is 0.489 e. The monoisotopic (exact) mass is 338 g/mol. The molecule has 0 spiro atoms. The van der Waals surface area contributed by atoms with Gasteiger partial charge in [0, 0.05) is 12.1 Å². The van der Waals surface area contributed by atoms with Gasteiger partial charge in [-0.2, -0.15) is 0 Å². The van der Waals surface area contributed by atoms with Crippen LogP contribution < -0.4 is 15.4 Å². The molecule has 1 atom stereocenters. The summed E-state index contributed by atoms with van der Waals surface area (Å²) < 4.78 is 5.75. The minimum Gasteiger partial charge on any atom is -0.489 e. The van der Waals surface area contributed by atoms with Crippen LogP contribution in [-0.2, 0) is 6.61 Å². The first-order valence-electron chi connectivity index (χ1n) is 9.07. The van der Waals surface area contributed by atoms with Crippen molar-refractivity contribution in [2.75, 3.05) is 19.6 Å². The van der Waals surface area contributed by atoms with Gasteiger partial charge in [0.25, 0.3) is 5.91 Å². The summed E-state index contributed by atoms with van der Waals surface area (Å²) in [7, 11) is 0. The number of hydrogen-bond acceptors (Lipinski definition) is 3. The molecule has 1 heterocycles. The Labute approximate surface area is 149 Å². The fourth-order valence-electron chi connectivity index (χ4n) is 3.11. The molecular formula is C21H26N2O2. The molecule has 2 N–H and O–H groups in total. The molecule has 0 aliphatic carbocycles. The molecule has 0 radical (unpaired) electrons. The SMILES string of the molecule is O=C(NCCC1CCCNC1)c1ccc(OCc2ccccc2)cc1. The lowest BCUT2D eigenvalue weighted by molar-refractivity contribution is 0.0950. The highest BCUT2D eigenvalue weighted by Crippen LogP contribution is 2.15. The van der Waals surface area contributed by atoms with Crippen LogP contribution in [0.1, 0.15) is 35.2 Å². The second kappa shape index (κ2) is 9.23. The quantitative estimate of drug-likeness (QED) is 0.814. The average molecular weight is 338 g/mol. The third-order valence-electron chi connectivity index (χ3n) is 4.60. The summed E-state index contributed by atoms with van der Waals surface area (Å²) >= 11 is 0. The molecule has 4 heteroatoms. The number of carbonyl (C=O) groups excluding carboxylic acids is 1. The molecule has 4 nitrogen and oxygen atoms in total. The molecule has 3 rings (SSSR count). The third kappa shape index (κ3) is 5.61. The number of amides is 1. The first-order valence-corrected chi connectivity index (χ1v) is 9.07. The van der Waals surface area contributed by atoms with Gasteiger partial charge in [0.1, 0.15) is 12.4 Å². The molecule has 2 aromatic carbocycles. The minimum atomic E-state index is -0.0154. The van der Waals surface area contributed by atoms with Gasteiger partial charge in [-0.15, -0.1) is 0 Å². The minimum absolute atomic E-state index is 0.0154. The van der Waals surface area contributed by atoms with Gasteiger partial charge in [-0.1, -0.05) is 30.3 Å². The summed E-state index contributed by atoms with van der Waals surface area (Å²) in [6.07, 6.45) is 3.54. The van der Waals surface area contributed by atoms with E-state index in [0.717, 1.165) is 37.4 Å². The summed E-state index contributed by atoms with van der Waals surface area (Å²) in [5.74, 6) is 1.44. The molecule has 1 aliphatic heterocycles. The summed E-state index contributed by atoms with van der Waals surface area (Å²) in [4.78, 5) is 12.2. The van der Waals surface area contributed by atoms with E-state index in [9.17, 15) is 4.79 Å². The van der Waals surface area contributed by atoms with Crippen molar-refractivity contribution in [3.8, 4) is 5.75 Å². The zero-order valence-corrected chi connectivity index (χ0v) is 14.5. The van der Waals surface area contributed by atoms with Crippen LogP contribution in [0, 0.1) is 5.92 Å². The first kappa shape index (κ1) is 17.5. The Morgan fingerprint density at radius 1 is 1.12 bits per heavy atom. The van der Waals surface area contributed by atoms with Crippen molar-refractivity contribution in [2.24, 2.45) is 5.92 Å². The van der Waals surface area contributed by atoms with Crippen molar-refractivity contribution in [3.63, 3.8) is 0 Å². The van der Waals surface area contributed by atoms with Crippen molar-refractivity contribution in [1.82, 2.24) is 10.6 Å². The Morgan fingerprint density at radius 3 is 2.64 bits per heavy atom. The molecule has 1 fully saturated rings. The van der Waals surface area contributed by atoms with Crippen LogP contribution in [0.25, 0.3) is 0 Å². The molecule has 1 saturated heterocycles. The van der Waals surface area contributed by atoms with Crippen molar-refractivity contribution in [1.29, 1.82) is 0 Å². The van der Waals surface area contributed by atoms with Gasteiger partial charge in [0.2, 0.25) is 0 Å². The Balaban J connectivity index is 1.42. The van der Waals surface area contributed by atoms with E-state index in [1.54, 1.807) is 0 Å². The Bertz CT molecular complexity index is 649. The number of nitrogens with one attached hydrogen (secondary N) is 2. The molecule has 0 bridgehead atoms. The van der Waals surface area contributed by atoms with Gasteiger partial charge in [-0.05, 0) is 68.1 Å². The van der Waals surface area contributed by atoms with Crippen molar-refractivity contribution in [2.45, 2.75) is 25.9 Å². The van der Waals surface area contributed by atoms with E-state index in [-0.39, 0.29) is 5.91 Å². The first-order chi connectivity index (χ1) is 12.3. The molecule has 132 valence electrons. The maximum Gasteiger partial charge on any atom is 0.251 e. The van der Waals surface area contributed by atoms with Crippen LogP contribution in [0.3, 0.4) is 0 Å². The van der Waals surface area contributed by atoms with E-state index < -0.39 is 0 Å². The van der Waals surface area contributed by atoms with Crippen LogP contribution in [0.15, 0.2) is 54.6 Å². The Morgan fingerprint density at radius 2 is 1.92 bits per heavy atom. The Kier molecular flexibility index (Phi) is 6.46. The summed E-state index contributed by atoms with van der Waals surface area (Å²) in [6, 6.07) is 17.4. The standard InChI is InChI=1S/C21H26N2O2/c24-21(23-14-12-17-7-4-13-22-15-17)19-8-10-20(11-9-19)25-16-18-5-2-1-3-6-18/h1-3,5-6,8-11,17,22H,4,7,12-16H2,(H,23,24). The van der Waals surface area contributed by atoms with E-state index in [4.69, 9.17) is 4.74 Å². The normalized spacial score (nSPS) is 17.0. The summed E-state index contributed by atoms with van der Waals surface area (Å²) in [5.41, 5.74) is 1.80. The van der Waals surface area contributed by atoms with Crippen LogP contribution in [0.5, 0.6) is 5.75 Å². The van der Waals surface area contributed by atoms with Gasteiger partial charge in [0.15, 0.2) is 0 Å². The molecule has 1 aliphatic rings. The van der Waals surface area contributed by atoms with Gasteiger partial charge in [0.05, 0.1) is 0 Å². The Hall–Kier alpha value is -2.33. The van der Waals surface area contributed by atoms with Gasteiger partial charge in [-0.3, -0.25) is 4.79 Å². The lowest BCUT2D eigenvalue weighted by Crippen LogP contribution is -2.33. The zero-order chi connectivity index (χ0) is 17.3. The number of carbonyl (C=O) groups is 1. The second-order valence-corrected chi connectivity index (χ2v) is 6.56. The van der Waals surface area contributed by atoms with E-state index >= 15 is 0 Å². The maximum atomic E-state index is 12.2. The van der Waals surface area contributed by atoms with Crippen LogP contribution in [0.4, 0.5) is 0 Å². The molecule has 1 amide bonds. The average Bonchev–Trinajstić information content (AvgIpc) is 2.68. The van der Waals surface area contributed by atoms with E-state index in [0.29, 0.717) is 18.1 Å². The predicted molar refractivity (Wildman–Crippen MR) is 99.8 cm³/mol. The summed E-state index contributed by atoms with van der Waals surface area (Å²) in [5, 5.41) is 6.42. The molecule has 1 unspecified atom stereocenters. The lowest BCUT2D eigenvalue weighted by Gasteiger charge is -2.22. The second-order valence-electron chi connectivity index (χ2n) is 6.56. The number of hydrogen-bond donors (Lipinski definition) is 2. The number of piperidine rings is 1. The zero-order valence-electron chi connectivity index (χ0n) is 14.5. The lowest BCUT2D eigenvalue weighted by atomic mass is 9.96. The van der Waals surface area contributed by atoms with E-state index in [1.165, 1.54) is 12.8 Å². The highest BCUT2D eigenvalue weighted by atomic mass is 16.5. The highest BCUT2D eigenvalue weighted by Gasteiger charge is 2.13. The molecule has 2 aromatic rings. The fourth-order valence-corrected chi connectivity index (χ4v) is 3.11. The predicted octanol–water partition coefficient (Wildman–Crippen LogP) is 3.39. The molecular weight excluding hydrogens is 312 g/mol. The fraction of sp³-hybridized carbons (Fsp3) is 0.381. The maximum absolute atomic E-state index is 12.2. The van der Waals surface area contributed by atoms with Gasteiger partial charge < -0.3 is 15.4 Å². The topological polar surface area (TPSA) is 50.4 Å². The van der Waals surface area contributed by atoms with Crippen LogP contribution >= 0.6 is 0 Å². The highest BCUT2D eigenvalue weighted by molar-refractivity contribution is 5.94. The third-order valence-corrected chi connectivity index (χ3v) is 4.60. The smallest absolute Gasteiger partial charge is 0.251 e. The van der Waals surface area contributed by atoms with E-state index in [1.807, 2.05) is 54.6 Å². The molecule has 0 aromatic heterocycles. The van der Waals surface area contributed by atoms with Crippen molar-refractivity contribution < 1.29 is 9.53 Å². The van der Waals surface area contributed by atoms with Crippen LogP contribution in [0.2, 0.25) is 0 Å². The molecule has 0 saturated carbocycles. The number of ether oxygens (including phenoxy) is 1. The number of rotatable bonds is 7. The number of benzene rings is 2. The van der Waals surface area contributed by atoms with Crippen molar-refractivity contribution >= 4 is 5.91 Å². The van der Waals surface area contributed by atoms with Crippen LogP contribution in [-0.4, -0.2) is 25.5 Å².